The van der Waals surface area contributed by atoms with Crippen molar-refractivity contribution in [3.8, 4) is 12.1 Å². The lowest BCUT2D eigenvalue weighted by Gasteiger charge is -2.20. The van der Waals surface area contributed by atoms with Crippen LogP contribution in [0.3, 0.4) is 0 Å². The van der Waals surface area contributed by atoms with Gasteiger partial charge in [0, 0.05) is 25.4 Å². The molecule has 0 aliphatic rings. The molecule has 0 aliphatic heterocycles. The van der Waals surface area contributed by atoms with Crippen LogP contribution in [-0.2, 0) is 4.79 Å². The molecular weight excluding hydrogens is 226 g/mol. The fourth-order valence-corrected chi connectivity index (χ4v) is 1.45. The van der Waals surface area contributed by atoms with Crippen LogP contribution in [0.4, 0.5) is 0 Å². The van der Waals surface area contributed by atoms with Gasteiger partial charge in [-0.15, -0.1) is 11.6 Å². The van der Waals surface area contributed by atoms with Crippen molar-refractivity contribution < 1.29 is 4.79 Å². The lowest BCUT2D eigenvalue weighted by Crippen LogP contribution is -2.32. The number of nitriles is 2. The van der Waals surface area contributed by atoms with Gasteiger partial charge in [-0.25, -0.2) is 0 Å². The topological polar surface area (TPSA) is 67.9 Å². The van der Waals surface area contributed by atoms with Gasteiger partial charge in [0.15, 0.2) is 0 Å². The molecule has 0 rings (SSSR count). The van der Waals surface area contributed by atoms with E-state index in [1.165, 1.54) is 0 Å². The van der Waals surface area contributed by atoms with Gasteiger partial charge >= 0.3 is 0 Å². The maximum atomic E-state index is 11.7. The third-order valence-corrected chi connectivity index (χ3v) is 2.38. The smallest absolute Gasteiger partial charge is 0.222 e. The summed E-state index contributed by atoms with van der Waals surface area (Å²) in [4.78, 5) is 13.3. The molecule has 0 spiro atoms. The van der Waals surface area contributed by atoms with Crippen LogP contribution in [0.15, 0.2) is 0 Å². The Bertz CT molecular complexity index is 262. The van der Waals surface area contributed by atoms with E-state index in [2.05, 4.69) is 0 Å². The molecule has 16 heavy (non-hydrogen) atoms. The minimum absolute atomic E-state index is 0.00983. The Labute approximate surface area is 101 Å². The molecule has 88 valence electrons. The molecule has 0 unspecified atom stereocenters. The molecule has 0 N–H and O–H groups in total. The summed E-state index contributed by atoms with van der Waals surface area (Å²) in [6.07, 6.45) is 2.65. The van der Waals surface area contributed by atoms with E-state index in [1.807, 2.05) is 12.1 Å². The third kappa shape index (κ3) is 7.09. The zero-order valence-electron chi connectivity index (χ0n) is 9.28. The first kappa shape index (κ1) is 14.7. The van der Waals surface area contributed by atoms with Crippen LogP contribution in [0, 0.1) is 22.7 Å². The maximum Gasteiger partial charge on any atom is 0.222 e. The van der Waals surface area contributed by atoms with E-state index < -0.39 is 0 Å². The number of hydrogen-bond acceptors (Lipinski definition) is 3. The molecule has 0 saturated carbocycles. The second-order valence-corrected chi connectivity index (χ2v) is 3.72. The first-order valence-electron chi connectivity index (χ1n) is 5.34. The lowest BCUT2D eigenvalue weighted by atomic mass is 10.2. The van der Waals surface area contributed by atoms with Crippen molar-refractivity contribution in [1.82, 2.24) is 4.90 Å². The number of amides is 1. The molecule has 5 heteroatoms. The number of hydrogen-bond donors (Lipinski definition) is 0. The lowest BCUT2D eigenvalue weighted by molar-refractivity contribution is -0.131. The molecule has 0 heterocycles. The van der Waals surface area contributed by atoms with Crippen molar-refractivity contribution in [1.29, 1.82) is 10.5 Å². The molecule has 0 aromatic carbocycles. The summed E-state index contributed by atoms with van der Waals surface area (Å²) >= 11 is 5.52. The predicted molar refractivity (Wildman–Crippen MR) is 61.6 cm³/mol. The maximum absolute atomic E-state index is 11.7. The Balaban J connectivity index is 4.00. The Hall–Kier alpha value is -1.26. The quantitative estimate of drug-likeness (QED) is 0.482. The van der Waals surface area contributed by atoms with Crippen molar-refractivity contribution in [2.45, 2.75) is 32.1 Å². The number of alkyl halides is 1. The van der Waals surface area contributed by atoms with Gasteiger partial charge in [-0.05, 0) is 12.8 Å². The number of unbranched alkanes of at least 4 members (excludes halogenated alkanes) is 1. The van der Waals surface area contributed by atoms with Gasteiger partial charge in [-0.2, -0.15) is 10.5 Å². The standard InChI is InChI=1S/C11H16ClN3O/c12-6-2-1-5-11(16)15(9-3-7-13)10-4-8-14/h1-6,9-10H2. The van der Waals surface area contributed by atoms with E-state index in [-0.39, 0.29) is 5.91 Å². The summed E-state index contributed by atoms with van der Waals surface area (Å²) in [5.74, 6) is 0.569. The number of halogens is 1. The van der Waals surface area contributed by atoms with Gasteiger partial charge in [0.1, 0.15) is 0 Å². The highest BCUT2D eigenvalue weighted by Crippen LogP contribution is 2.04. The van der Waals surface area contributed by atoms with Gasteiger partial charge in [0.05, 0.1) is 25.0 Å². The number of nitrogens with zero attached hydrogens (tertiary/aromatic N) is 3. The Kier molecular flexibility index (Phi) is 9.46. The van der Waals surface area contributed by atoms with E-state index in [0.717, 1.165) is 12.8 Å². The summed E-state index contributed by atoms with van der Waals surface area (Å²) < 4.78 is 0. The minimum Gasteiger partial charge on any atom is -0.341 e. The molecule has 1 amide bonds. The third-order valence-electron chi connectivity index (χ3n) is 2.11. The largest absolute Gasteiger partial charge is 0.341 e. The van der Waals surface area contributed by atoms with Gasteiger partial charge < -0.3 is 4.90 Å². The first-order chi connectivity index (χ1) is 7.76. The van der Waals surface area contributed by atoms with Crippen LogP contribution < -0.4 is 0 Å². The average Bonchev–Trinajstić information content (AvgIpc) is 2.29. The van der Waals surface area contributed by atoms with Crippen molar-refractivity contribution in [2.24, 2.45) is 0 Å². The zero-order chi connectivity index (χ0) is 12.2. The molecule has 0 radical (unpaired) electrons. The number of carbonyl (C=O) groups excluding carboxylic acids is 1. The van der Waals surface area contributed by atoms with E-state index in [1.54, 1.807) is 4.90 Å². The van der Waals surface area contributed by atoms with Crippen LogP contribution >= 0.6 is 11.6 Å². The summed E-state index contributed by atoms with van der Waals surface area (Å²) in [5, 5.41) is 16.9. The van der Waals surface area contributed by atoms with E-state index >= 15 is 0 Å². The predicted octanol–water partition coefficient (Wildman–Crippen LogP) is 2.05. The fourth-order valence-electron chi connectivity index (χ4n) is 1.26. The van der Waals surface area contributed by atoms with Crippen molar-refractivity contribution in [2.75, 3.05) is 19.0 Å². The SMILES string of the molecule is N#CCCN(CCC#N)C(=O)CCCCCl. The summed E-state index contributed by atoms with van der Waals surface area (Å²) in [5.41, 5.74) is 0. The van der Waals surface area contributed by atoms with E-state index in [0.29, 0.717) is 38.2 Å². The Morgan fingerprint density at radius 3 is 2.12 bits per heavy atom. The highest BCUT2D eigenvalue weighted by molar-refractivity contribution is 6.17. The van der Waals surface area contributed by atoms with Crippen molar-refractivity contribution in [3.63, 3.8) is 0 Å². The monoisotopic (exact) mass is 241 g/mol. The molecule has 0 aromatic rings. The molecule has 0 fully saturated rings. The number of carbonyl (C=O) groups is 1. The molecule has 0 saturated heterocycles. The van der Waals surface area contributed by atoms with Gasteiger partial charge in [0.25, 0.3) is 0 Å². The Morgan fingerprint density at radius 1 is 1.12 bits per heavy atom. The highest BCUT2D eigenvalue weighted by Gasteiger charge is 2.11. The Morgan fingerprint density at radius 2 is 1.69 bits per heavy atom. The fraction of sp³-hybridized carbons (Fsp3) is 0.727. The molecule has 0 aromatic heterocycles. The van der Waals surface area contributed by atoms with Crippen molar-refractivity contribution in [3.05, 3.63) is 0 Å². The van der Waals surface area contributed by atoms with Crippen molar-refractivity contribution >= 4 is 17.5 Å². The second kappa shape index (κ2) is 10.3. The van der Waals surface area contributed by atoms with E-state index in [9.17, 15) is 4.79 Å². The van der Waals surface area contributed by atoms with E-state index in [4.69, 9.17) is 22.1 Å². The summed E-state index contributed by atoms with van der Waals surface area (Å²) in [6, 6.07) is 4.00. The number of rotatable bonds is 8. The van der Waals surface area contributed by atoms with Crippen LogP contribution in [0.2, 0.25) is 0 Å². The molecular formula is C11H16ClN3O. The van der Waals surface area contributed by atoms with Crippen LogP contribution in [0.25, 0.3) is 0 Å². The van der Waals surface area contributed by atoms with Crippen LogP contribution in [0.5, 0.6) is 0 Å². The summed E-state index contributed by atoms with van der Waals surface area (Å²) in [7, 11) is 0. The minimum atomic E-state index is 0.00983. The molecule has 4 nitrogen and oxygen atoms in total. The molecule has 0 bridgehead atoms. The van der Waals surface area contributed by atoms with Gasteiger partial charge in [0.2, 0.25) is 5.91 Å². The van der Waals surface area contributed by atoms with Crippen LogP contribution in [0.1, 0.15) is 32.1 Å². The second-order valence-electron chi connectivity index (χ2n) is 3.34. The first-order valence-corrected chi connectivity index (χ1v) is 5.87. The molecule has 0 aliphatic carbocycles. The van der Waals surface area contributed by atoms with Crippen LogP contribution in [-0.4, -0.2) is 29.8 Å². The van der Waals surface area contributed by atoms with Gasteiger partial charge in [-0.1, -0.05) is 0 Å². The average molecular weight is 242 g/mol. The summed E-state index contributed by atoms with van der Waals surface area (Å²) in [6.45, 7) is 0.829. The zero-order valence-corrected chi connectivity index (χ0v) is 10.0. The normalized spacial score (nSPS) is 9.19. The highest BCUT2D eigenvalue weighted by atomic mass is 35.5. The van der Waals surface area contributed by atoms with Gasteiger partial charge in [-0.3, -0.25) is 4.79 Å². The molecule has 0 atom stereocenters.